The van der Waals surface area contributed by atoms with E-state index >= 15 is 0 Å². The highest BCUT2D eigenvalue weighted by Crippen LogP contribution is 2.26. The van der Waals surface area contributed by atoms with Crippen molar-refractivity contribution >= 4 is 5.91 Å². The molecule has 4 rings (SSSR count). The topological polar surface area (TPSA) is 63.9 Å². The van der Waals surface area contributed by atoms with Gasteiger partial charge in [0.05, 0.1) is 5.69 Å². The molecule has 6 nitrogen and oxygen atoms in total. The van der Waals surface area contributed by atoms with Crippen LogP contribution in [0.1, 0.15) is 16.1 Å². The number of hydrogen-bond donors (Lipinski definition) is 0. The molecule has 0 aliphatic carbocycles. The number of rotatable bonds is 6. The molecule has 0 bridgehead atoms. The summed E-state index contributed by atoms with van der Waals surface area (Å²) < 4.78 is 1.72. The molecular formula is C23H21N5O. The van der Waals surface area contributed by atoms with Crippen LogP contribution in [0, 0.1) is 0 Å². The van der Waals surface area contributed by atoms with Crippen molar-refractivity contribution in [3.63, 3.8) is 0 Å². The summed E-state index contributed by atoms with van der Waals surface area (Å²) in [6.45, 7) is 0.579. The minimum Gasteiger partial charge on any atom is -0.340 e. The van der Waals surface area contributed by atoms with Gasteiger partial charge in [0.2, 0.25) is 0 Å². The SMILES string of the molecule is CN(CCc1ccncc1)C(=O)c1nnn(-c2ccccc2)c1-c1ccccc1. The number of likely N-dealkylation sites (N-methyl/N-ethyl adjacent to an activating group) is 1. The summed E-state index contributed by atoms with van der Waals surface area (Å²) >= 11 is 0. The normalized spacial score (nSPS) is 10.7. The van der Waals surface area contributed by atoms with Gasteiger partial charge in [0.1, 0.15) is 5.69 Å². The fraction of sp³-hybridized carbons (Fsp3) is 0.130. The smallest absolute Gasteiger partial charge is 0.276 e. The quantitative estimate of drug-likeness (QED) is 0.510. The first kappa shape index (κ1) is 18.6. The molecule has 29 heavy (non-hydrogen) atoms. The third-order valence-electron chi connectivity index (χ3n) is 4.75. The molecule has 0 aliphatic heterocycles. The van der Waals surface area contributed by atoms with Crippen LogP contribution in [0.15, 0.2) is 85.2 Å². The highest BCUT2D eigenvalue weighted by atomic mass is 16.2. The minimum atomic E-state index is -0.153. The van der Waals surface area contributed by atoms with Crippen LogP contribution < -0.4 is 0 Å². The maximum Gasteiger partial charge on any atom is 0.276 e. The van der Waals surface area contributed by atoms with E-state index in [0.29, 0.717) is 17.9 Å². The molecule has 1 amide bonds. The first-order valence-corrected chi connectivity index (χ1v) is 9.45. The maximum atomic E-state index is 13.2. The van der Waals surface area contributed by atoms with E-state index in [-0.39, 0.29) is 5.91 Å². The van der Waals surface area contributed by atoms with E-state index in [1.54, 1.807) is 29.0 Å². The van der Waals surface area contributed by atoms with Crippen LogP contribution in [0.4, 0.5) is 0 Å². The molecule has 0 spiro atoms. The summed E-state index contributed by atoms with van der Waals surface area (Å²) in [5.41, 5.74) is 3.93. The van der Waals surface area contributed by atoms with Gasteiger partial charge in [0.15, 0.2) is 5.69 Å². The molecule has 0 aliphatic rings. The van der Waals surface area contributed by atoms with Gasteiger partial charge >= 0.3 is 0 Å². The molecule has 0 atom stereocenters. The highest BCUT2D eigenvalue weighted by Gasteiger charge is 2.24. The molecule has 0 radical (unpaired) electrons. The van der Waals surface area contributed by atoms with Crippen LogP contribution in [0.5, 0.6) is 0 Å². The van der Waals surface area contributed by atoms with Crippen molar-refractivity contribution in [3.8, 4) is 16.9 Å². The Morgan fingerprint density at radius 1 is 0.931 bits per heavy atom. The molecule has 0 fully saturated rings. The highest BCUT2D eigenvalue weighted by molar-refractivity contribution is 5.98. The summed E-state index contributed by atoms with van der Waals surface area (Å²) in [4.78, 5) is 18.9. The van der Waals surface area contributed by atoms with Crippen LogP contribution in [0.25, 0.3) is 16.9 Å². The van der Waals surface area contributed by atoms with E-state index in [1.165, 1.54) is 0 Å². The van der Waals surface area contributed by atoms with E-state index in [2.05, 4.69) is 15.3 Å². The average Bonchev–Trinajstić information content (AvgIpc) is 3.24. The van der Waals surface area contributed by atoms with Crippen molar-refractivity contribution in [2.75, 3.05) is 13.6 Å². The largest absolute Gasteiger partial charge is 0.340 e. The van der Waals surface area contributed by atoms with Crippen LogP contribution in [-0.4, -0.2) is 44.4 Å². The third kappa shape index (κ3) is 4.06. The second-order valence-corrected chi connectivity index (χ2v) is 6.73. The molecule has 6 heteroatoms. The number of para-hydroxylation sites is 1. The zero-order chi connectivity index (χ0) is 20.1. The molecule has 0 saturated heterocycles. The summed E-state index contributed by atoms with van der Waals surface area (Å²) in [5, 5.41) is 8.55. The van der Waals surface area contributed by atoms with E-state index < -0.39 is 0 Å². The van der Waals surface area contributed by atoms with Gasteiger partial charge in [-0.3, -0.25) is 9.78 Å². The maximum absolute atomic E-state index is 13.2. The van der Waals surface area contributed by atoms with Gasteiger partial charge in [0.25, 0.3) is 5.91 Å². The Morgan fingerprint density at radius 2 is 1.59 bits per heavy atom. The number of amides is 1. The molecule has 144 valence electrons. The van der Waals surface area contributed by atoms with Gasteiger partial charge in [-0.15, -0.1) is 5.10 Å². The molecule has 2 aromatic carbocycles. The Kier molecular flexibility index (Phi) is 5.42. The Morgan fingerprint density at radius 3 is 2.28 bits per heavy atom. The second kappa shape index (κ2) is 8.48. The molecule has 2 aromatic heterocycles. The Bertz CT molecular complexity index is 1080. The van der Waals surface area contributed by atoms with Crippen LogP contribution in [0.2, 0.25) is 0 Å². The summed E-state index contributed by atoms with van der Waals surface area (Å²) in [6.07, 6.45) is 4.27. The summed E-state index contributed by atoms with van der Waals surface area (Å²) in [5.74, 6) is -0.153. The van der Waals surface area contributed by atoms with Gasteiger partial charge in [-0.1, -0.05) is 53.7 Å². The van der Waals surface area contributed by atoms with Gasteiger partial charge in [-0.2, -0.15) is 0 Å². The van der Waals surface area contributed by atoms with Crippen molar-refractivity contribution in [2.24, 2.45) is 0 Å². The monoisotopic (exact) mass is 383 g/mol. The number of pyridine rings is 1. The lowest BCUT2D eigenvalue weighted by Crippen LogP contribution is -2.29. The lowest BCUT2D eigenvalue weighted by atomic mass is 10.1. The van der Waals surface area contributed by atoms with Crippen LogP contribution in [0.3, 0.4) is 0 Å². The predicted molar refractivity (Wildman–Crippen MR) is 112 cm³/mol. The second-order valence-electron chi connectivity index (χ2n) is 6.73. The average molecular weight is 383 g/mol. The lowest BCUT2D eigenvalue weighted by Gasteiger charge is -2.17. The number of carbonyl (C=O) groups is 1. The zero-order valence-electron chi connectivity index (χ0n) is 16.1. The third-order valence-corrected chi connectivity index (χ3v) is 4.75. The Hall–Kier alpha value is -3.80. The first-order chi connectivity index (χ1) is 14.2. The van der Waals surface area contributed by atoms with E-state index in [9.17, 15) is 4.79 Å². The van der Waals surface area contributed by atoms with Gasteiger partial charge in [0, 0.05) is 31.5 Å². The number of nitrogens with zero attached hydrogens (tertiary/aromatic N) is 5. The van der Waals surface area contributed by atoms with E-state index in [4.69, 9.17) is 0 Å². The van der Waals surface area contributed by atoms with Crippen molar-refractivity contribution < 1.29 is 4.79 Å². The molecule has 2 heterocycles. The first-order valence-electron chi connectivity index (χ1n) is 9.45. The number of hydrogen-bond acceptors (Lipinski definition) is 4. The molecule has 4 aromatic rings. The lowest BCUT2D eigenvalue weighted by molar-refractivity contribution is 0.0791. The van der Waals surface area contributed by atoms with Crippen molar-refractivity contribution in [1.82, 2.24) is 24.9 Å². The van der Waals surface area contributed by atoms with Gasteiger partial charge in [-0.05, 0) is 36.2 Å². The van der Waals surface area contributed by atoms with Gasteiger partial charge in [-0.25, -0.2) is 4.68 Å². The van der Waals surface area contributed by atoms with Crippen LogP contribution >= 0.6 is 0 Å². The van der Waals surface area contributed by atoms with Crippen molar-refractivity contribution in [1.29, 1.82) is 0 Å². The Balaban J connectivity index is 1.66. The van der Waals surface area contributed by atoms with Crippen molar-refractivity contribution in [2.45, 2.75) is 6.42 Å². The predicted octanol–water partition coefficient (Wildman–Crippen LogP) is 3.64. The number of aromatic nitrogens is 4. The molecular weight excluding hydrogens is 362 g/mol. The number of benzene rings is 2. The number of carbonyl (C=O) groups excluding carboxylic acids is 1. The molecule has 0 N–H and O–H groups in total. The Labute approximate surface area is 169 Å². The standard InChI is InChI=1S/C23H21N5O/c1-27(17-14-18-12-15-24-16-13-18)23(29)21-22(19-8-4-2-5-9-19)28(26-25-21)20-10-6-3-7-11-20/h2-13,15-16H,14,17H2,1H3. The molecule has 0 unspecified atom stereocenters. The van der Waals surface area contributed by atoms with Gasteiger partial charge < -0.3 is 4.90 Å². The van der Waals surface area contributed by atoms with E-state index in [1.807, 2.05) is 72.8 Å². The van der Waals surface area contributed by atoms with Crippen LogP contribution in [-0.2, 0) is 6.42 Å². The van der Waals surface area contributed by atoms with E-state index in [0.717, 1.165) is 23.2 Å². The zero-order valence-corrected chi connectivity index (χ0v) is 16.1. The summed E-state index contributed by atoms with van der Waals surface area (Å²) in [7, 11) is 1.79. The molecule has 0 saturated carbocycles. The van der Waals surface area contributed by atoms with Crippen molar-refractivity contribution in [3.05, 3.63) is 96.4 Å². The fourth-order valence-corrected chi connectivity index (χ4v) is 3.16. The summed E-state index contributed by atoms with van der Waals surface area (Å²) in [6, 6.07) is 23.4. The fourth-order valence-electron chi connectivity index (χ4n) is 3.16. The minimum absolute atomic E-state index is 0.153.